The summed E-state index contributed by atoms with van der Waals surface area (Å²) in [5, 5.41) is 0. The van der Waals surface area contributed by atoms with Crippen molar-refractivity contribution < 1.29 is 0 Å². The molecular weight excluding hydrogens is 268 g/mol. The van der Waals surface area contributed by atoms with E-state index >= 15 is 0 Å². The minimum Gasteiger partial charge on any atom is -0.242 e. The predicted octanol–water partition coefficient (Wildman–Crippen LogP) is 3.77. The fourth-order valence-electron chi connectivity index (χ4n) is 0.559. The van der Waals surface area contributed by atoms with Crippen molar-refractivity contribution >= 4 is 45.4 Å². The first-order chi connectivity index (χ1) is 5.99. The maximum absolute atomic E-state index is 4.25. The maximum Gasteiger partial charge on any atom is 0.107 e. The van der Waals surface area contributed by atoms with Gasteiger partial charge in [-0.25, -0.2) is 9.38 Å². The molecular formula is C8H11BrN2S2. The number of nitrogens with zero attached hydrogens (tertiary/aromatic N) is 2. The quantitative estimate of drug-likeness (QED) is 0.608. The Hall–Kier alpha value is 0.130. The van der Waals surface area contributed by atoms with Crippen molar-refractivity contribution in [2.45, 2.75) is 25.5 Å². The van der Waals surface area contributed by atoms with E-state index < -0.39 is 0 Å². The van der Waals surface area contributed by atoms with Gasteiger partial charge in [0, 0.05) is 4.75 Å². The molecule has 0 radical (unpaired) electrons. The van der Waals surface area contributed by atoms with Crippen molar-refractivity contribution in [2.75, 3.05) is 0 Å². The molecule has 0 aromatic carbocycles. The van der Waals surface area contributed by atoms with Crippen LogP contribution < -0.4 is 0 Å². The molecule has 0 unspecified atom stereocenters. The van der Waals surface area contributed by atoms with Crippen molar-refractivity contribution in [3.63, 3.8) is 0 Å². The monoisotopic (exact) mass is 278 g/mol. The summed E-state index contributed by atoms with van der Waals surface area (Å²) in [4.78, 5) is 4.14. The van der Waals surface area contributed by atoms with E-state index in [0.717, 1.165) is 9.48 Å². The van der Waals surface area contributed by atoms with Crippen LogP contribution in [0.3, 0.4) is 0 Å². The summed E-state index contributed by atoms with van der Waals surface area (Å²) in [5.41, 5.74) is 2.70. The normalized spacial score (nSPS) is 12.6. The molecule has 5 heteroatoms. The summed E-state index contributed by atoms with van der Waals surface area (Å²) < 4.78 is 5.45. The van der Waals surface area contributed by atoms with Gasteiger partial charge in [-0.1, -0.05) is 0 Å². The highest BCUT2D eigenvalue weighted by atomic mass is 79.9. The van der Waals surface area contributed by atoms with Crippen molar-refractivity contribution in [3.05, 3.63) is 15.0 Å². The Morgan fingerprint density at radius 1 is 1.62 bits per heavy atom. The van der Waals surface area contributed by atoms with E-state index in [-0.39, 0.29) is 4.75 Å². The zero-order valence-electron chi connectivity index (χ0n) is 7.74. The number of thiazole rings is 1. The standard InChI is InChI=1S/C8H11BrN2S2/c1-8(2,3)13-11-4-6-7(9)12-5-10-6/h4-5H,1-3H3. The molecule has 0 saturated heterocycles. The molecule has 1 rings (SSSR count). The van der Waals surface area contributed by atoms with E-state index in [9.17, 15) is 0 Å². The van der Waals surface area contributed by atoms with Crippen LogP contribution in [0.15, 0.2) is 13.7 Å². The van der Waals surface area contributed by atoms with Crippen molar-refractivity contribution in [3.8, 4) is 0 Å². The molecule has 0 fully saturated rings. The first-order valence-electron chi connectivity index (χ1n) is 3.79. The highest BCUT2D eigenvalue weighted by molar-refractivity contribution is 9.11. The average Bonchev–Trinajstić information content (AvgIpc) is 2.34. The van der Waals surface area contributed by atoms with Crippen LogP contribution >= 0.6 is 39.2 Å². The third-order valence-corrected chi connectivity index (χ3v) is 3.40. The summed E-state index contributed by atoms with van der Waals surface area (Å²) >= 11 is 6.52. The van der Waals surface area contributed by atoms with Gasteiger partial charge in [0.05, 0.1) is 15.5 Å². The SMILES string of the molecule is CC(C)(C)SN=Cc1ncsc1Br. The number of hydrogen-bond acceptors (Lipinski definition) is 4. The number of halogens is 1. The van der Waals surface area contributed by atoms with E-state index in [0.29, 0.717) is 0 Å². The van der Waals surface area contributed by atoms with Crippen LogP contribution in [0.25, 0.3) is 0 Å². The second-order valence-corrected chi connectivity index (χ2v) is 7.24. The Balaban J connectivity index is 2.55. The molecule has 0 saturated carbocycles. The molecule has 0 aliphatic carbocycles. The summed E-state index contributed by atoms with van der Waals surface area (Å²) in [5.74, 6) is 0. The Kier molecular flexibility index (Phi) is 3.94. The van der Waals surface area contributed by atoms with Gasteiger partial charge in [-0.2, -0.15) is 0 Å². The van der Waals surface area contributed by atoms with Crippen LogP contribution in [0.2, 0.25) is 0 Å². The van der Waals surface area contributed by atoms with Gasteiger partial charge < -0.3 is 0 Å². The fourth-order valence-corrected chi connectivity index (χ4v) is 1.97. The second kappa shape index (κ2) is 4.57. The molecule has 13 heavy (non-hydrogen) atoms. The fraction of sp³-hybridized carbons (Fsp3) is 0.500. The lowest BCUT2D eigenvalue weighted by Gasteiger charge is -2.11. The third-order valence-electron chi connectivity index (χ3n) is 1.05. The Bertz CT molecular complexity index is 301. The van der Waals surface area contributed by atoms with E-state index in [1.807, 2.05) is 0 Å². The van der Waals surface area contributed by atoms with Crippen LogP contribution in [-0.2, 0) is 0 Å². The average molecular weight is 279 g/mol. The molecule has 0 N–H and O–H groups in total. The van der Waals surface area contributed by atoms with E-state index in [2.05, 4.69) is 46.1 Å². The second-order valence-electron chi connectivity index (χ2n) is 3.45. The molecule has 1 aromatic rings. The number of rotatable bonds is 2. The van der Waals surface area contributed by atoms with E-state index in [4.69, 9.17) is 0 Å². The molecule has 0 amide bonds. The Morgan fingerprint density at radius 2 is 2.31 bits per heavy atom. The molecule has 0 aliphatic rings. The van der Waals surface area contributed by atoms with Gasteiger partial charge >= 0.3 is 0 Å². The number of hydrogen-bond donors (Lipinski definition) is 0. The van der Waals surface area contributed by atoms with Crippen molar-refractivity contribution in [1.29, 1.82) is 0 Å². The maximum atomic E-state index is 4.25. The molecule has 72 valence electrons. The molecule has 0 atom stereocenters. The van der Waals surface area contributed by atoms with Gasteiger partial charge in [0.1, 0.15) is 5.69 Å². The predicted molar refractivity (Wildman–Crippen MR) is 64.8 cm³/mol. The molecule has 0 spiro atoms. The molecule has 0 bridgehead atoms. The summed E-state index contributed by atoms with van der Waals surface area (Å²) in [6.45, 7) is 6.39. The van der Waals surface area contributed by atoms with E-state index in [1.165, 1.54) is 0 Å². The lowest BCUT2D eigenvalue weighted by molar-refractivity contribution is 0.804. The van der Waals surface area contributed by atoms with Gasteiger partial charge in [0.15, 0.2) is 0 Å². The molecule has 0 aliphatic heterocycles. The topological polar surface area (TPSA) is 25.2 Å². The summed E-state index contributed by atoms with van der Waals surface area (Å²) in [7, 11) is 0. The lowest BCUT2D eigenvalue weighted by Crippen LogP contribution is -2.04. The zero-order chi connectivity index (χ0) is 9.90. The smallest absolute Gasteiger partial charge is 0.107 e. The largest absolute Gasteiger partial charge is 0.242 e. The zero-order valence-corrected chi connectivity index (χ0v) is 11.0. The molecule has 1 aromatic heterocycles. The van der Waals surface area contributed by atoms with Gasteiger partial charge in [-0.05, 0) is 48.6 Å². The van der Waals surface area contributed by atoms with Gasteiger partial charge in [-0.15, -0.1) is 11.3 Å². The summed E-state index contributed by atoms with van der Waals surface area (Å²) in [6.07, 6.45) is 1.79. The minimum atomic E-state index is 0.166. The van der Waals surface area contributed by atoms with Crippen LogP contribution in [0.1, 0.15) is 26.5 Å². The Labute approximate surface area is 95.1 Å². The molecule has 2 nitrogen and oxygen atoms in total. The van der Waals surface area contributed by atoms with Gasteiger partial charge in [-0.3, -0.25) is 0 Å². The summed E-state index contributed by atoms with van der Waals surface area (Å²) in [6, 6.07) is 0. The first-order valence-corrected chi connectivity index (χ1v) is 6.24. The minimum absolute atomic E-state index is 0.166. The highest BCUT2D eigenvalue weighted by Gasteiger charge is 2.09. The third kappa shape index (κ3) is 4.24. The van der Waals surface area contributed by atoms with Gasteiger partial charge in [0.25, 0.3) is 0 Å². The first kappa shape index (κ1) is 11.2. The Morgan fingerprint density at radius 3 is 2.77 bits per heavy atom. The number of aromatic nitrogens is 1. The highest BCUT2D eigenvalue weighted by Crippen LogP contribution is 2.25. The van der Waals surface area contributed by atoms with Crippen LogP contribution in [0.4, 0.5) is 0 Å². The van der Waals surface area contributed by atoms with Crippen LogP contribution in [0, 0.1) is 0 Å². The molecule has 1 heterocycles. The van der Waals surface area contributed by atoms with Crippen LogP contribution in [0.5, 0.6) is 0 Å². The van der Waals surface area contributed by atoms with Crippen molar-refractivity contribution in [2.24, 2.45) is 4.40 Å². The van der Waals surface area contributed by atoms with Crippen LogP contribution in [-0.4, -0.2) is 15.9 Å². The van der Waals surface area contributed by atoms with E-state index in [1.54, 1.807) is 35.0 Å². The van der Waals surface area contributed by atoms with Crippen molar-refractivity contribution in [1.82, 2.24) is 4.98 Å². The lowest BCUT2D eigenvalue weighted by atomic mass is 10.3. The van der Waals surface area contributed by atoms with Gasteiger partial charge in [0.2, 0.25) is 0 Å².